The smallest absolute Gasteiger partial charge is 0.336 e. The number of aromatic carboxylic acids is 1. The maximum Gasteiger partial charge on any atom is 0.336 e. The van der Waals surface area contributed by atoms with Gasteiger partial charge in [0.2, 0.25) is 0 Å². The summed E-state index contributed by atoms with van der Waals surface area (Å²) < 4.78 is 0. The fraction of sp³-hybridized carbons (Fsp3) is 0.111. The Balaban J connectivity index is 3.30. The van der Waals surface area contributed by atoms with Crippen molar-refractivity contribution < 1.29 is 14.7 Å². The molecule has 0 aromatic heterocycles. The van der Waals surface area contributed by atoms with Crippen molar-refractivity contribution in [3.8, 4) is 0 Å². The van der Waals surface area contributed by atoms with Gasteiger partial charge in [0.05, 0.1) is 5.56 Å². The van der Waals surface area contributed by atoms with Crippen LogP contribution in [0.25, 0.3) is 0 Å². The van der Waals surface area contributed by atoms with Gasteiger partial charge in [-0.25, -0.2) is 4.79 Å². The maximum absolute atomic E-state index is 10.6. The summed E-state index contributed by atoms with van der Waals surface area (Å²) in [5, 5.41) is 8.66. The van der Waals surface area contributed by atoms with Crippen molar-refractivity contribution in [3.05, 3.63) is 34.9 Å². The SMILES string of the molecule is Cc1ccc(C=O)c(C(=O)O)c1. The van der Waals surface area contributed by atoms with Crippen molar-refractivity contribution in [1.29, 1.82) is 0 Å². The van der Waals surface area contributed by atoms with Crippen LogP contribution in [0.1, 0.15) is 26.3 Å². The van der Waals surface area contributed by atoms with Crippen LogP contribution in [0, 0.1) is 6.92 Å². The molecule has 0 spiro atoms. The molecule has 1 aromatic rings. The predicted octanol–water partition coefficient (Wildman–Crippen LogP) is 1.51. The number of hydrogen-bond donors (Lipinski definition) is 1. The van der Waals surface area contributed by atoms with Gasteiger partial charge in [-0.05, 0) is 13.0 Å². The number of aryl methyl sites for hydroxylation is 1. The lowest BCUT2D eigenvalue weighted by Gasteiger charge is -1.99. The molecule has 0 fully saturated rings. The Morgan fingerprint density at radius 3 is 2.67 bits per heavy atom. The van der Waals surface area contributed by atoms with E-state index in [0.29, 0.717) is 6.29 Å². The molecule has 0 aliphatic carbocycles. The van der Waals surface area contributed by atoms with Crippen LogP contribution in [0.3, 0.4) is 0 Å². The summed E-state index contributed by atoms with van der Waals surface area (Å²) in [6.07, 6.45) is 0.545. The van der Waals surface area contributed by atoms with Gasteiger partial charge in [0.25, 0.3) is 0 Å². The summed E-state index contributed by atoms with van der Waals surface area (Å²) in [6.45, 7) is 1.78. The first-order valence-corrected chi connectivity index (χ1v) is 3.44. The fourth-order valence-corrected chi connectivity index (χ4v) is 0.958. The minimum absolute atomic E-state index is 0.0602. The van der Waals surface area contributed by atoms with Gasteiger partial charge in [0, 0.05) is 5.56 Å². The number of carbonyl (C=O) groups excluding carboxylic acids is 1. The molecule has 0 radical (unpaired) electrons. The highest BCUT2D eigenvalue weighted by Crippen LogP contribution is 2.09. The van der Waals surface area contributed by atoms with E-state index < -0.39 is 5.97 Å². The molecule has 0 aliphatic rings. The lowest BCUT2D eigenvalue weighted by molar-refractivity contribution is 0.0694. The first kappa shape index (κ1) is 8.46. The second kappa shape index (κ2) is 3.17. The molecule has 0 aliphatic heterocycles. The summed E-state index contributed by atoms with van der Waals surface area (Å²) in [4.78, 5) is 21.0. The van der Waals surface area contributed by atoms with Gasteiger partial charge in [-0.2, -0.15) is 0 Å². The Labute approximate surface area is 69.6 Å². The minimum atomic E-state index is -1.07. The Morgan fingerprint density at radius 2 is 2.17 bits per heavy atom. The van der Waals surface area contributed by atoms with Gasteiger partial charge >= 0.3 is 5.97 Å². The third-order valence-electron chi connectivity index (χ3n) is 1.57. The summed E-state index contributed by atoms with van der Waals surface area (Å²) in [6, 6.07) is 4.69. The molecule has 3 heteroatoms. The van der Waals surface area contributed by atoms with Crippen LogP contribution >= 0.6 is 0 Å². The molecule has 3 nitrogen and oxygen atoms in total. The second-order valence-electron chi connectivity index (χ2n) is 2.51. The van der Waals surface area contributed by atoms with Crippen LogP contribution in [-0.4, -0.2) is 17.4 Å². The van der Waals surface area contributed by atoms with Crippen molar-refractivity contribution in [2.45, 2.75) is 6.92 Å². The molecule has 1 aromatic carbocycles. The Morgan fingerprint density at radius 1 is 1.50 bits per heavy atom. The summed E-state index contributed by atoms with van der Waals surface area (Å²) in [5.74, 6) is -1.07. The molecule has 0 bridgehead atoms. The fourth-order valence-electron chi connectivity index (χ4n) is 0.958. The third-order valence-corrected chi connectivity index (χ3v) is 1.57. The van der Waals surface area contributed by atoms with Crippen molar-refractivity contribution >= 4 is 12.3 Å². The van der Waals surface area contributed by atoms with Gasteiger partial charge in [0.1, 0.15) is 0 Å². The summed E-state index contributed by atoms with van der Waals surface area (Å²) >= 11 is 0. The van der Waals surface area contributed by atoms with Gasteiger partial charge in [0.15, 0.2) is 6.29 Å². The van der Waals surface area contributed by atoms with E-state index in [0.717, 1.165) is 5.56 Å². The standard InChI is InChI=1S/C9H8O3/c1-6-2-3-7(5-10)8(4-6)9(11)12/h2-5H,1H3,(H,11,12). The van der Waals surface area contributed by atoms with Crippen molar-refractivity contribution in [1.82, 2.24) is 0 Å². The van der Waals surface area contributed by atoms with E-state index in [1.54, 1.807) is 13.0 Å². The highest BCUT2D eigenvalue weighted by atomic mass is 16.4. The Kier molecular flexibility index (Phi) is 2.24. The van der Waals surface area contributed by atoms with Crippen LogP contribution in [0.5, 0.6) is 0 Å². The third kappa shape index (κ3) is 1.50. The molecule has 0 amide bonds. The zero-order valence-electron chi connectivity index (χ0n) is 6.57. The molecule has 1 N–H and O–H groups in total. The molecule has 0 saturated carbocycles. The van der Waals surface area contributed by atoms with E-state index in [9.17, 15) is 9.59 Å². The van der Waals surface area contributed by atoms with E-state index in [1.165, 1.54) is 12.1 Å². The van der Waals surface area contributed by atoms with E-state index in [2.05, 4.69) is 0 Å². The average molecular weight is 164 g/mol. The van der Waals surface area contributed by atoms with Crippen LogP contribution in [0.15, 0.2) is 18.2 Å². The largest absolute Gasteiger partial charge is 0.478 e. The normalized spacial score (nSPS) is 9.42. The highest BCUT2D eigenvalue weighted by molar-refractivity contribution is 5.97. The van der Waals surface area contributed by atoms with Crippen molar-refractivity contribution in [3.63, 3.8) is 0 Å². The molecule has 0 unspecified atom stereocenters. The summed E-state index contributed by atoms with van der Waals surface area (Å²) in [5.41, 5.74) is 1.11. The first-order valence-electron chi connectivity index (χ1n) is 3.44. The number of carboxylic acid groups (broad SMARTS) is 1. The Bertz CT molecular complexity index is 329. The predicted molar refractivity (Wildman–Crippen MR) is 43.5 cm³/mol. The number of benzene rings is 1. The lowest BCUT2D eigenvalue weighted by atomic mass is 10.1. The summed E-state index contributed by atoms with van der Waals surface area (Å²) in [7, 11) is 0. The van der Waals surface area contributed by atoms with E-state index in [-0.39, 0.29) is 11.1 Å². The zero-order valence-corrected chi connectivity index (χ0v) is 6.57. The number of hydrogen-bond acceptors (Lipinski definition) is 2. The molecule has 12 heavy (non-hydrogen) atoms. The molecular formula is C9H8O3. The van der Waals surface area contributed by atoms with E-state index in [1.807, 2.05) is 0 Å². The Hall–Kier alpha value is -1.64. The van der Waals surface area contributed by atoms with E-state index in [4.69, 9.17) is 5.11 Å². The number of carboxylic acids is 1. The maximum atomic E-state index is 10.6. The minimum Gasteiger partial charge on any atom is -0.478 e. The molecule has 1 rings (SSSR count). The monoisotopic (exact) mass is 164 g/mol. The van der Waals surface area contributed by atoms with Crippen molar-refractivity contribution in [2.24, 2.45) is 0 Å². The molecule has 0 heterocycles. The van der Waals surface area contributed by atoms with Gasteiger partial charge < -0.3 is 5.11 Å². The number of aldehydes is 1. The zero-order chi connectivity index (χ0) is 9.14. The quantitative estimate of drug-likeness (QED) is 0.674. The second-order valence-corrected chi connectivity index (χ2v) is 2.51. The number of rotatable bonds is 2. The van der Waals surface area contributed by atoms with Crippen LogP contribution in [0.2, 0.25) is 0 Å². The molecule has 0 atom stereocenters. The van der Waals surface area contributed by atoms with Crippen LogP contribution in [-0.2, 0) is 0 Å². The number of carbonyl (C=O) groups is 2. The molecular weight excluding hydrogens is 156 g/mol. The van der Waals surface area contributed by atoms with Crippen molar-refractivity contribution in [2.75, 3.05) is 0 Å². The topological polar surface area (TPSA) is 54.4 Å². The van der Waals surface area contributed by atoms with E-state index >= 15 is 0 Å². The van der Waals surface area contributed by atoms with Crippen LogP contribution in [0.4, 0.5) is 0 Å². The molecule has 0 saturated heterocycles. The highest BCUT2D eigenvalue weighted by Gasteiger charge is 2.08. The molecule has 62 valence electrons. The average Bonchev–Trinajstić information content (AvgIpc) is 2.04. The first-order chi connectivity index (χ1) is 5.65. The van der Waals surface area contributed by atoms with Gasteiger partial charge in [-0.15, -0.1) is 0 Å². The van der Waals surface area contributed by atoms with Gasteiger partial charge in [-0.3, -0.25) is 4.79 Å². The van der Waals surface area contributed by atoms with Crippen LogP contribution < -0.4 is 0 Å². The lowest BCUT2D eigenvalue weighted by Crippen LogP contribution is -2.01. The van der Waals surface area contributed by atoms with Gasteiger partial charge in [-0.1, -0.05) is 17.7 Å².